The SMILES string of the molecule is Cc1nnc(SCC(=O)NCCC#N)n1C1CCCCC1. The van der Waals surface area contributed by atoms with Gasteiger partial charge in [0.05, 0.1) is 18.2 Å². The summed E-state index contributed by atoms with van der Waals surface area (Å²) in [5.41, 5.74) is 0. The standard InChI is InChI=1S/C14H21N5OS/c1-11-17-18-14(19(11)12-6-3-2-4-7-12)21-10-13(20)16-9-5-8-15/h12H,2-7,9-10H2,1H3,(H,16,20). The first kappa shape index (κ1) is 15.8. The topological polar surface area (TPSA) is 83.6 Å². The second kappa shape index (κ2) is 8.03. The van der Waals surface area contributed by atoms with Crippen LogP contribution in [0.4, 0.5) is 0 Å². The number of carbonyl (C=O) groups excluding carboxylic acids is 1. The Labute approximate surface area is 129 Å². The van der Waals surface area contributed by atoms with Crippen LogP contribution in [-0.4, -0.2) is 33.0 Å². The van der Waals surface area contributed by atoms with Crippen LogP contribution in [0.2, 0.25) is 0 Å². The molecule has 0 bridgehead atoms. The molecule has 1 aliphatic carbocycles. The summed E-state index contributed by atoms with van der Waals surface area (Å²) >= 11 is 1.42. The smallest absolute Gasteiger partial charge is 0.230 e. The van der Waals surface area contributed by atoms with E-state index in [1.165, 1.54) is 43.9 Å². The van der Waals surface area contributed by atoms with Gasteiger partial charge in [-0.05, 0) is 19.8 Å². The zero-order valence-electron chi connectivity index (χ0n) is 12.3. The predicted octanol–water partition coefficient (Wildman–Crippen LogP) is 2.21. The Bertz CT molecular complexity index is 516. The lowest BCUT2D eigenvalue weighted by Crippen LogP contribution is -2.26. The lowest BCUT2D eigenvalue weighted by molar-refractivity contribution is -0.118. The molecule has 1 aromatic heterocycles. The maximum atomic E-state index is 11.7. The van der Waals surface area contributed by atoms with E-state index in [4.69, 9.17) is 5.26 Å². The number of nitriles is 1. The zero-order chi connectivity index (χ0) is 15.1. The number of hydrogen-bond acceptors (Lipinski definition) is 5. The van der Waals surface area contributed by atoms with Gasteiger partial charge in [0.2, 0.25) is 5.91 Å². The molecule has 0 atom stereocenters. The molecule has 114 valence electrons. The molecule has 1 heterocycles. The number of hydrogen-bond donors (Lipinski definition) is 1. The molecule has 2 rings (SSSR count). The summed E-state index contributed by atoms with van der Waals surface area (Å²) in [6.45, 7) is 2.38. The summed E-state index contributed by atoms with van der Waals surface area (Å²) in [4.78, 5) is 11.7. The number of carbonyl (C=O) groups is 1. The van der Waals surface area contributed by atoms with Gasteiger partial charge < -0.3 is 9.88 Å². The molecule has 0 aliphatic heterocycles. The third-order valence-electron chi connectivity index (χ3n) is 3.67. The molecule has 0 spiro atoms. The number of aromatic nitrogens is 3. The van der Waals surface area contributed by atoms with Crippen molar-refractivity contribution in [2.45, 2.75) is 56.6 Å². The minimum atomic E-state index is -0.0638. The van der Waals surface area contributed by atoms with Crippen LogP contribution in [0, 0.1) is 18.3 Å². The molecule has 1 aliphatic rings. The zero-order valence-corrected chi connectivity index (χ0v) is 13.2. The highest BCUT2D eigenvalue weighted by atomic mass is 32.2. The number of amides is 1. The van der Waals surface area contributed by atoms with E-state index in [9.17, 15) is 4.79 Å². The highest BCUT2D eigenvalue weighted by Gasteiger charge is 2.21. The molecule has 1 N–H and O–H groups in total. The van der Waals surface area contributed by atoms with Crippen LogP contribution < -0.4 is 5.32 Å². The van der Waals surface area contributed by atoms with Crippen LogP contribution in [-0.2, 0) is 4.79 Å². The molecular formula is C14H21N5OS. The van der Waals surface area contributed by atoms with E-state index in [0.29, 0.717) is 24.8 Å². The third-order valence-corrected chi connectivity index (χ3v) is 4.61. The summed E-state index contributed by atoms with van der Waals surface area (Å²) in [6, 6.07) is 2.47. The van der Waals surface area contributed by atoms with E-state index in [-0.39, 0.29) is 5.91 Å². The van der Waals surface area contributed by atoms with Crippen molar-refractivity contribution in [3.05, 3.63) is 5.82 Å². The first-order valence-corrected chi connectivity index (χ1v) is 8.39. The van der Waals surface area contributed by atoms with E-state index in [0.717, 1.165) is 11.0 Å². The maximum Gasteiger partial charge on any atom is 0.230 e. The first-order valence-electron chi connectivity index (χ1n) is 7.40. The minimum absolute atomic E-state index is 0.0638. The Morgan fingerprint density at radius 2 is 2.19 bits per heavy atom. The van der Waals surface area contributed by atoms with Crippen molar-refractivity contribution in [3.63, 3.8) is 0 Å². The van der Waals surface area contributed by atoms with Gasteiger partial charge in [-0.2, -0.15) is 5.26 Å². The average molecular weight is 307 g/mol. The fourth-order valence-corrected chi connectivity index (χ4v) is 3.53. The number of thioether (sulfide) groups is 1. The second-order valence-electron chi connectivity index (χ2n) is 5.24. The van der Waals surface area contributed by atoms with E-state index in [1.807, 2.05) is 13.0 Å². The molecule has 0 saturated heterocycles. The number of nitrogens with one attached hydrogen (secondary N) is 1. The van der Waals surface area contributed by atoms with Gasteiger partial charge in [0, 0.05) is 12.6 Å². The highest BCUT2D eigenvalue weighted by molar-refractivity contribution is 7.99. The molecule has 21 heavy (non-hydrogen) atoms. The Balaban J connectivity index is 1.91. The van der Waals surface area contributed by atoms with Crippen molar-refractivity contribution in [2.75, 3.05) is 12.3 Å². The summed E-state index contributed by atoms with van der Waals surface area (Å²) in [5, 5.41) is 20.4. The number of nitrogens with zero attached hydrogens (tertiary/aromatic N) is 4. The summed E-state index contributed by atoms with van der Waals surface area (Å²) in [5.74, 6) is 1.18. The Morgan fingerprint density at radius 3 is 2.90 bits per heavy atom. The quantitative estimate of drug-likeness (QED) is 0.643. The van der Waals surface area contributed by atoms with E-state index < -0.39 is 0 Å². The van der Waals surface area contributed by atoms with Crippen LogP contribution >= 0.6 is 11.8 Å². The van der Waals surface area contributed by atoms with E-state index in [2.05, 4.69) is 20.1 Å². The number of aryl methyl sites for hydroxylation is 1. The number of rotatable bonds is 6. The van der Waals surface area contributed by atoms with E-state index in [1.54, 1.807) is 0 Å². The lowest BCUT2D eigenvalue weighted by Gasteiger charge is -2.24. The Hall–Kier alpha value is -1.55. The fraction of sp³-hybridized carbons (Fsp3) is 0.714. The van der Waals surface area contributed by atoms with Gasteiger partial charge in [0.15, 0.2) is 5.16 Å². The van der Waals surface area contributed by atoms with Gasteiger partial charge in [0.25, 0.3) is 0 Å². The van der Waals surface area contributed by atoms with Gasteiger partial charge in [0.1, 0.15) is 5.82 Å². The van der Waals surface area contributed by atoms with E-state index >= 15 is 0 Å². The van der Waals surface area contributed by atoms with Gasteiger partial charge in [-0.1, -0.05) is 31.0 Å². The normalized spacial score (nSPS) is 15.6. The van der Waals surface area contributed by atoms with Crippen LogP contribution in [0.1, 0.15) is 50.4 Å². The maximum absolute atomic E-state index is 11.7. The van der Waals surface area contributed by atoms with Crippen molar-refractivity contribution >= 4 is 17.7 Å². The molecule has 1 saturated carbocycles. The Kier molecular flexibility index (Phi) is 6.05. The van der Waals surface area contributed by atoms with Crippen molar-refractivity contribution in [2.24, 2.45) is 0 Å². The molecule has 1 aromatic rings. The molecule has 0 radical (unpaired) electrons. The van der Waals surface area contributed by atoms with Crippen molar-refractivity contribution < 1.29 is 4.79 Å². The van der Waals surface area contributed by atoms with Crippen molar-refractivity contribution in [1.82, 2.24) is 20.1 Å². The minimum Gasteiger partial charge on any atom is -0.354 e. The predicted molar refractivity (Wildman–Crippen MR) is 80.8 cm³/mol. The van der Waals surface area contributed by atoms with Gasteiger partial charge in [-0.25, -0.2) is 0 Å². The molecule has 7 heteroatoms. The lowest BCUT2D eigenvalue weighted by atomic mass is 9.95. The summed E-state index contributed by atoms with van der Waals surface area (Å²) in [6.07, 6.45) is 6.49. The molecule has 1 fully saturated rings. The molecule has 0 aromatic carbocycles. The largest absolute Gasteiger partial charge is 0.354 e. The van der Waals surface area contributed by atoms with Gasteiger partial charge >= 0.3 is 0 Å². The van der Waals surface area contributed by atoms with Crippen LogP contribution in [0.25, 0.3) is 0 Å². The first-order chi connectivity index (χ1) is 10.2. The molecular weight excluding hydrogens is 286 g/mol. The van der Waals surface area contributed by atoms with Crippen LogP contribution in [0.5, 0.6) is 0 Å². The second-order valence-corrected chi connectivity index (χ2v) is 6.18. The third kappa shape index (κ3) is 4.46. The molecule has 1 amide bonds. The van der Waals surface area contributed by atoms with Gasteiger partial charge in [-0.15, -0.1) is 10.2 Å². The summed E-state index contributed by atoms with van der Waals surface area (Å²) in [7, 11) is 0. The highest BCUT2D eigenvalue weighted by Crippen LogP contribution is 2.32. The fourth-order valence-electron chi connectivity index (χ4n) is 2.65. The van der Waals surface area contributed by atoms with Gasteiger partial charge in [-0.3, -0.25) is 4.79 Å². The molecule has 6 nitrogen and oxygen atoms in total. The summed E-state index contributed by atoms with van der Waals surface area (Å²) < 4.78 is 2.19. The Morgan fingerprint density at radius 1 is 1.43 bits per heavy atom. The van der Waals surface area contributed by atoms with Crippen molar-refractivity contribution in [1.29, 1.82) is 5.26 Å². The van der Waals surface area contributed by atoms with Crippen LogP contribution in [0.3, 0.4) is 0 Å². The molecule has 0 unspecified atom stereocenters. The van der Waals surface area contributed by atoms with Crippen molar-refractivity contribution in [3.8, 4) is 6.07 Å². The monoisotopic (exact) mass is 307 g/mol. The van der Waals surface area contributed by atoms with Crippen LogP contribution in [0.15, 0.2) is 5.16 Å². The average Bonchev–Trinajstić information content (AvgIpc) is 2.87.